The molecule has 0 saturated carbocycles. The summed E-state index contributed by atoms with van der Waals surface area (Å²) in [7, 11) is -5.50. The Labute approximate surface area is 154 Å². The van der Waals surface area contributed by atoms with Crippen molar-refractivity contribution in [2.45, 2.75) is 31.1 Å². The number of rotatable bonds is 5. The van der Waals surface area contributed by atoms with Crippen LogP contribution in [0.5, 0.6) is 0 Å². The zero-order chi connectivity index (χ0) is 19.7. The molecule has 0 aliphatic carbocycles. The zero-order valence-corrected chi connectivity index (χ0v) is 15.0. The molecule has 1 unspecified atom stereocenters. The number of hydrogen-bond donors (Lipinski definition) is 2. The molecule has 2 aromatic rings. The van der Waals surface area contributed by atoms with E-state index in [2.05, 4.69) is 9.97 Å². The molecule has 1 aromatic heterocycles. The summed E-state index contributed by atoms with van der Waals surface area (Å²) in [6.07, 6.45) is 3.20. The first-order valence-electron chi connectivity index (χ1n) is 8.23. The second-order valence-corrected chi connectivity index (χ2v) is 8.17. The van der Waals surface area contributed by atoms with Gasteiger partial charge in [0.1, 0.15) is 0 Å². The molecule has 0 fully saturated rings. The van der Waals surface area contributed by atoms with Gasteiger partial charge in [-0.1, -0.05) is 18.2 Å². The van der Waals surface area contributed by atoms with Gasteiger partial charge in [0, 0.05) is 37.6 Å². The summed E-state index contributed by atoms with van der Waals surface area (Å²) in [5.41, 5.74) is -3.57. The summed E-state index contributed by atoms with van der Waals surface area (Å²) in [5.74, 6) is 0. The summed E-state index contributed by atoms with van der Waals surface area (Å²) < 4.78 is 63.9. The number of imidazole rings is 1. The number of aliphatic hydroxyl groups is 1. The van der Waals surface area contributed by atoms with E-state index >= 15 is 0 Å². The molecule has 1 aliphatic rings. The molecule has 27 heavy (non-hydrogen) atoms. The van der Waals surface area contributed by atoms with E-state index in [9.17, 15) is 26.7 Å². The Morgan fingerprint density at radius 2 is 2.04 bits per heavy atom. The number of alkyl halides is 3. The van der Waals surface area contributed by atoms with Gasteiger partial charge < -0.3 is 15.0 Å². The standard InChI is InChI=1S/C16H19F3N4O3S/c17-16(18,19)27(25,26)22-8-12-3-1-2-4-15(12)23(14(10-22)5-6-24)9-13-7-20-11-21-13/h1-4,7,11,14,24H,5-6,8-10H2,(H,20,21). The van der Waals surface area contributed by atoms with Crippen LogP contribution in [-0.2, 0) is 23.1 Å². The molecule has 0 spiro atoms. The molecule has 3 rings (SSSR count). The third-order valence-electron chi connectivity index (χ3n) is 4.49. The largest absolute Gasteiger partial charge is 0.511 e. The third-order valence-corrected chi connectivity index (χ3v) is 6.04. The molecule has 1 aromatic carbocycles. The van der Waals surface area contributed by atoms with E-state index in [0.29, 0.717) is 22.1 Å². The van der Waals surface area contributed by atoms with Crippen molar-refractivity contribution in [1.29, 1.82) is 0 Å². The van der Waals surface area contributed by atoms with Crippen molar-refractivity contribution in [1.82, 2.24) is 14.3 Å². The first-order valence-corrected chi connectivity index (χ1v) is 9.67. The second kappa shape index (κ2) is 7.49. The van der Waals surface area contributed by atoms with Gasteiger partial charge in [-0.3, -0.25) is 0 Å². The molecule has 1 atom stereocenters. The number of nitrogens with one attached hydrogen (secondary N) is 1. The molecule has 7 nitrogen and oxygen atoms in total. The lowest BCUT2D eigenvalue weighted by atomic mass is 10.1. The van der Waals surface area contributed by atoms with E-state index < -0.39 is 21.6 Å². The number of aromatic nitrogens is 2. The molecule has 0 amide bonds. The number of nitrogens with zero attached hydrogens (tertiary/aromatic N) is 3. The average molecular weight is 404 g/mol. The van der Waals surface area contributed by atoms with Crippen LogP contribution in [0.4, 0.5) is 18.9 Å². The Hall–Kier alpha value is -2.11. The first kappa shape index (κ1) is 19.6. The minimum absolute atomic E-state index is 0.117. The van der Waals surface area contributed by atoms with Crippen LogP contribution in [0.25, 0.3) is 0 Å². The van der Waals surface area contributed by atoms with Gasteiger partial charge in [-0.2, -0.15) is 17.5 Å². The molecule has 2 N–H and O–H groups in total. The lowest BCUT2D eigenvalue weighted by Crippen LogP contribution is -2.47. The van der Waals surface area contributed by atoms with Gasteiger partial charge >= 0.3 is 15.5 Å². The van der Waals surface area contributed by atoms with Crippen molar-refractivity contribution < 1.29 is 26.7 Å². The second-order valence-electron chi connectivity index (χ2n) is 6.24. The van der Waals surface area contributed by atoms with Crippen molar-refractivity contribution in [3.63, 3.8) is 0 Å². The van der Waals surface area contributed by atoms with E-state index in [4.69, 9.17) is 0 Å². The van der Waals surface area contributed by atoms with Crippen LogP contribution < -0.4 is 4.90 Å². The number of aromatic amines is 1. The molecule has 0 radical (unpaired) electrons. The van der Waals surface area contributed by atoms with Gasteiger partial charge in [-0.25, -0.2) is 13.4 Å². The number of hydrogen-bond acceptors (Lipinski definition) is 5. The molecular weight excluding hydrogens is 385 g/mol. The number of sulfonamides is 1. The summed E-state index contributed by atoms with van der Waals surface area (Å²) in [4.78, 5) is 8.69. The maximum absolute atomic E-state index is 13.1. The highest BCUT2D eigenvalue weighted by molar-refractivity contribution is 7.89. The Morgan fingerprint density at radius 1 is 1.30 bits per heavy atom. The van der Waals surface area contributed by atoms with Crippen LogP contribution in [0.2, 0.25) is 0 Å². The quantitative estimate of drug-likeness (QED) is 0.794. The average Bonchev–Trinajstić information content (AvgIpc) is 3.06. The highest BCUT2D eigenvalue weighted by atomic mass is 32.2. The van der Waals surface area contributed by atoms with Crippen LogP contribution in [0.15, 0.2) is 36.8 Å². The molecule has 2 heterocycles. The molecule has 0 saturated heterocycles. The summed E-state index contributed by atoms with van der Waals surface area (Å²) >= 11 is 0. The number of halogens is 3. The molecule has 11 heteroatoms. The Balaban J connectivity index is 2.05. The maximum Gasteiger partial charge on any atom is 0.511 e. The summed E-state index contributed by atoms with van der Waals surface area (Å²) in [5, 5.41) is 9.41. The van der Waals surface area contributed by atoms with Gasteiger partial charge in [-0.05, 0) is 18.1 Å². The monoisotopic (exact) mass is 404 g/mol. The molecule has 0 bridgehead atoms. The van der Waals surface area contributed by atoms with Crippen molar-refractivity contribution in [3.8, 4) is 0 Å². The van der Waals surface area contributed by atoms with Crippen LogP contribution in [0.3, 0.4) is 0 Å². The minimum atomic E-state index is -5.50. The fraction of sp³-hybridized carbons (Fsp3) is 0.438. The summed E-state index contributed by atoms with van der Waals surface area (Å²) in [6.45, 7) is -0.765. The van der Waals surface area contributed by atoms with E-state index in [-0.39, 0.29) is 26.1 Å². The molecule has 148 valence electrons. The highest BCUT2D eigenvalue weighted by Gasteiger charge is 2.51. The normalized spacial score (nSPS) is 19.0. The maximum atomic E-state index is 13.1. The highest BCUT2D eigenvalue weighted by Crippen LogP contribution is 2.35. The Bertz CT molecular complexity index is 871. The van der Waals surface area contributed by atoms with Crippen LogP contribution in [0.1, 0.15) is 17.7 Å². The fourth-order valence-corrected chi connectivity index (χ4v) is 4.17. The Morgan fingerprint density at radius 3 is 2.67 bits per heavy atom. The SMILES string of the molecule is O=S(=O)(N1Cc2ccccc2N(Cc2cnc[nH]2)C(CCO)C1)C(F)(F)F. The van der Waals surface area contributed by atoms with E-state index in [1.54, 1.807) is 30.5 Å². The first-order chi connectivity index (χ1) is 12.7. The third kappa shape index (κ3) is 3.94. The van der Waals surface area contributed by atoms with E-state index in [1.165, 1.54) is 6.33 Å². The van der Waals surface area contributed by atoms with Gasteiger partial charge in [0.2, 0.25) is 0 Å². The molecule has 1 aliphatic heterocycles. The number of H-pyrrole nitrogens is 1. The number of fused-ring (bicyclic) bond motifs is 1. The number of aliphatic hydroxyl groups excluding tert-OH is 1. The van der Waals surface area contributed by atoms with Crippen molar-refractivity contribution >= 4 is 15.7 Å². The number of anilines is 1. The smallest absolute Gasteiger partial charge is 0.396 e. The lowest BCUT2D eigenvalue weighted by molar-refractivity contribution is -0.0492. The van der Waals surface area contributed by atoms with E-state index in [0.717, 1.165) is 5.69 Å². The number of para-hydroxylation sites is 1. The van der Waals surface area contributed by atoms with Gasteiger partial charge in [-0.15, -0.1) is 0 Å². The van der Waals surface area contributed by atoms with Crippen LogP contribution >= 0.6 is 0 Å². The minimum Gasteiger partial charge on any atom is -0.396 e. The van der Waals surface area contributed by atoms with Gasteiger partial charge in [0.15, 0.2) is 0 Å². The van der Waals surface area contributed by atoms with Crippen molar-refractivity contribution in [3.05, 3.63) is 48.0 Å². The summed E-state index contributed by atoms with van der Waals surface area (Å²) in [6, 6.07) is 6.09. The fourth-order valence-electron chi connectivity index (χ4n) is 3.20. The van der Waals surface area contributed by atoms with Gasteiger partial charge in [0.25, 0.3) is 0 Å². The Kier molecular flexibility index (Phi) is 5.45. The van der Waals surface area contributed by atoms with E-state index in [1.807, 2.05) is 4.90 Å². The molecular formula is C16H19F3N4O3S. The van der Waals surface area contributed by atoms with Crippen molar-refractivity contribution in [2.24, 2.45) is 0 Å². The number of benzene rings is 1. The lowest BCUT2D eigenvalue weighted by Gasteiger charge is -2.33. The predicted octanol–water partition coefficient (Wildman–Crippen LogP) is 1.83. The van der Waals surface area contributed by atoms with Gasteiger partial charge in [0.05, 0.1) is 18.6 Å². The van der Waals surface area contributed by atoms with Crippen LogP contribution in [0, 0.1) is 0 Å². The van der Waals surface area contributed by atoms with Crippen LogP contribution in [-0.4, -0.2) is 52.5 Å². The zero-order valence-electron chi connectivity index (χ0n) is 14.2. The van der Waals surface area contributed by atoms with Crippen molar-refractivity contribution in [2.75, 3.05) is 18.1 Å². The predicted molar refractivity (Wildman–Crippen MR) is 92.1 cm³/mol. The topological polar surface area (TPSA) is 89.5 Å².